The average Bonchev–Trinajstić information content (AvgIpc) is 2.44. The molecule has 2 aliphatic heterocycles. The van der Waals surface area contributed by atoms with E-state index < -0.39 is 22.8 Å². The second kappa shape index (κ2) is 5.75. The molecule has 2 N–H and O–H groups in total. The molecule has 0 aromatic rings. The summed E-state index contributed by atoms with van der Waals surface area (Å²) in [6.07, 6.45) is 3.25. The molecule has 6 heteroatoms. The van der Waals surface area contributed by atoms with Gasteiger partial charge in [-0.15, -0.1) is 0 Å². The maximum Gasteiger partial charge on any atom is 0.252 e. The van der Waals surface area contributed by atoms with Gasteiger partial charge < -0.3 is 10.2 Å². The van der Waals surface area contributed by atoms with Gasteiger partial charge in [0.15, 0.2) is 0 Å². The zero-order valence-electron chi connectivity index (χ0n) is 13.1. The Kier molecular flexibility index (Phi) is 4.37. The summed E-state index contributed by atoms with van der Waals surface area (Å²) in [5.74, 6) is -0.833. The summed E-state index contributed by atoms with van der Waals surface area (Å²) in [6.45, 7) is 7.05. The van der Waals surface area contributed by atoms with Gasteiger partial charge in [0.05, 0.1) is 5.41 Å². The highest BCUT2D eigenvalue weighted by atomic mass is 16.2. The molecule has 0 unspecified atom stereocenters. The summed E-state index contributed by atoms with van der Waals surface area (Å²) in [6, 6.07) is 0. The number of nitrogens with zero attached hydrogens (tertiary/aromatic N) is 1. The molecule has 0 atom stereocenters. The van der Waals surface area contributed by atoms with Crippen molar-refractivity contribution in [2.45, 2.75) is 52.0 Å². The van der Waals surface area contributed by atoms with Gasteiger partial charge in [0.1, 0.15) is 12.1 Å². The Morgan fingerprint density at radius 3 is 2.43 bits per heavy atom. The number of piperidine rings is 1. The monoisotopic (exact) mass is 295 g/mol. The van der Waals surface area contributed by atoms with Gasteiger partial charge in [-0.25, -0.2) is 0 Å². The van der Waals surface area contributed by atoms with Crippen molar-refractivity contribution < 1.29 is 14.4 Å². The first-order chi connectivity index (χ1) is 9.83. The Morgan fingerprint density at radius 2 is 1.86 bits per heavy atom. The van der Waals surface area contributed by atoms with Crippen LogP contribution in [0, 0.1) is 5.41 Å². The predicted octanol–water partition coefficient (Wildman–Crippen LogP) is 0.420. The maximum atomic E-state index is 13.1. The molecule has 0 spiro atoms. The molecular formula is C15H25N3O3. The van der Waals surface area contributed by atoms with Crippen molar-refractivity contribution >= 4 is 17.7 Å². The summed E-state index contributed by atoms with van der Waals surface area (Å²) in [4.78, 5) is 38.3. The third-order valence-electron chi connectivity index (χ3n) is 4.77. The zero-order valence-corrected chi connectivity index (χ0v) is 13.1. The van der Waals surface area contributed by atoms with E-state index in [-0.39, 0.29) is 12.5 Å². The van der Waals surface area contributed by atoms with Gasteiger partial charge in [0, 0.05) is 0 Å². The fourth-order valence-electron chi connectivity index (χ4n) is 3.35. The average molecular weight is 295 g/mol. The third-order valence-corrected chi connectivity index (χ3v) is 4.77. The predicted molar refractivity (Wildman–Crippen MR) is 78.4 cm³/mol. The summed E-state index contributed by atoms with van der Waals surface area (Å²) >= 11 is 0. The molecule has 2 fully saturated rings. The number of carbonyl (C=O) groups excluding carboxylic acids is 3. The Labute approximate surface area is 125 Å². The largest absolute Gasteiger partial charge is 0.319 e. The molecule has 0 saturated carbocycles. The molecule has 6 nitrogen and oxygen atoms in total. The Morgan fingerprint density at radius 1 is 1.24 bits per heavy atom. The van der Waals surface area contributed by atoms with E-state index in [1.807, 2.05) is 0 Å². The lowest BCUT2D eigenvalue weighted by atomic mass is 9.73. The van der Waals surface area contributed by atoms with Crippen LogP contribution < -0.4 is 10.6 Å². The van der Waals surface area contributed by atoms with Crippen molar-refractivity contribution in [1.29, 1.82) is 0 Å². The SMILES string of the molecule is CCCC1(C(=O)N2CC(=O)NC(=O)C2(C)C)CCNCC1. The second-order valence-corrected chi connectivity index (χ2v) is 6.61. The van der Waals surface area contributed by atoms with Crippen LogP contribution in [0.5, 0.6) is 0 Å². The number of piperazine rings is 1. The number of amides is 3. The standard InChI is InChI=1S/C15H25N3O3/c1-4-5-15(6-8-16-9-7-15)13(21)18-10-11(19)17-12(20)14(18,2)3/h16H,4-10H2,1-3H3,(H,17,19,20). The minimum atomic E-state index is -0.976. The molecule has 21 heavy (non-hydrogen) atoms. The smallest absolute Gasteiger partial charge is 0.252 e. The molecule has 2 aliphatic rings. The van der Waals surface area contributed by atoms with Crippen LogP contribution in [0.3, 0.4) is 0 Å². The van der Waals surface area contributed by atoms with Gasteiger partial charge in [-0.3, -0.25) is 19.7 Å². The number of nitrogens with one attached hydrogen (secondary N) is 2. The number of hydrogen-bond acceptors (Lipinski definition) is 4. The van der Waals surface area contributed by atoms with Crippen LogP contribution in [0.25, 0.3) is 0 Å². The highest BCUT2D eigenvalue weighted by Crippen LogP contribution is 2.38. The van der Waals surface area contributed by atoms with Crippen molar-refractivity contribution in [3.05, 3.63) is 0 Å². The van der Waals surface area contributed by atoms with Crippen molar-refractivity contribution in [2.75, 3.05) is 19.6 Å². The molecule has 2 rings (SSSR count). The van der Waals surface area contributed by atoms with Crippen LogP contribution in [0.1, 0.15) is 46.5 Å². The molecule has 0 aromatic carbocycles. The second-order valence-electron chi connectivity index (χ2n) is 6.61. The molecule has 0 aliphatic carbocycles. The van der Waals surface area contributed by atoms with E-state index in [1.54, 1.807) is 13.8 Å². The minimum absolute atomic E-state index is 0.0313. The lowest BCUT2D eigenvalue weighted by Gasteiger charge is -2.46. The number of rotatable bonds is 3. The highest BCUT2D eigenvalue weighted by molar-refractivity contribution is 6.06. The molecule has 118 valence electrons. The normalized spacial score (nSPS) is 24.6. The quantitative estimate of drug-likeness (QED) is 0.740. The van der Waals surface area contributed by atoms with Crippen molar-refractivity contribution in [3.8, 4) is 0 Å². The Hall–Kier alpha value is -1.43. The first kappa shape index (κ1) is 15.9. The van der Waals surface area contributed by atoms with E-state index in [4.69, 9.17) is 0 Å². The van der Waals surface area contributed by atoms with Gasteiger partial charge in [0.25, 0.3) is 5.91 Å². The van der Waals surface area contributed by atoms with Gasteiger partial charge in [0.2, 0.25) is 11.8 Å². The third kappa shape index (κ3) is 2.81. The number of carbonyl (C=O) groups is 3. The first-order valence-electron chi connectivity index (χ1n) is 7.70. The number of imide groups is 1. The summed E-state index contributed by atoms with van der Waals surface area (Å²) in [5, 5.41) is 5.59. The molecule has 2 saturated heterocycles. The van der Waals surface area contributed by atoms with Crippen molar-refractivity contribution in [3.63, 3.8) is 0 Å². The molecule has 3 amide bonds. The number of hydrogen-bond donors (Lipinski definition) is 2. The molecule has 0 radical (unpaired) electrons. The molecule has 0 aromatic heterocycles. The van der Waals surface area contributed by atoms with Crippen LogP contribution in [-0.2, 0) is 14.4 Å². The molecule has 2 heterocycles. The summed E-state index contributed by atoms with van der Waals surface area (Å²) in [5.41, 5.74) is -1.41. The lowest BCUT2D eigenvalue weighted by molar-refractivity contribution is -0.162. The van der Waals surface area contributed by atoms with E-state index in [0.717, 1.165) is 38.8 Å². The van der Waals surface area contributed by atoms with Crippen molar-refractivity contribution in [2.24, 2.45) is 5.41 Å². The van der Waals surface area contributed by atoms with Gasteiger partial charge in [-0.05, 0) is 46.2 Å². The Balaban J connectivity index is 2.30. The van der Waals surface area contributed by atoms with Crippen LogP contribution in [0.15, 0.2) is 0 Å². The van der Waals surface area contributed by atoms with Gasteiger partial charge in [-0.2, -0.15) is 0 Å². The minimum Gasteiger partial charge on any atom is -0.319 e. The van der Waals surface area contributed by atoms with Crippen LogP contribution in [-0.4, -0.2) is 47.8 Å². The molecular weight excluding hydrogens is 270 g/mol. The van der Waals surface area contributed by atoms with Gasteiger partial charge in [-0.1, -0.05) is 13.3 Å². The van der Waals surface area contributed by atoms with E-state index in [9.17, 15) is 14.4 Å². The first-order valence-corrected chi connectivity index (χ1v) is 7.70. The fourth-order valence-corrected chi connectivity index (χ4v) is 3.35. The van der Waals surface area contributed by atoms with Crippen molar-refractivity contribution in [1.82, 2.24) is 15.5 Å². The summed E-state index contributed by atoms with van der Waals surface area (Å²) in [7, 11) is 0. The fraction of sp³-hybridized carbons (Fsp3) is 0.800. The van der Waals surface area contributed by atoms with E-state index in [1.165, 1.54) is 4.90 Å². The van der Waals surface area contributed by atoms with Crippen LogP contribution in [0.2, 0.25) is 0 Å². The summed E-state index contributed by atoms with van der Waals surface area (Å²) < 4.78 is 0. The van der Waals surface area contributed by atoms with Gasteiger partial charge >= 0.3 is 0 Å². The van der Waals surface area contributed by atoms with E-state index in [2.05, 4.69) is 17.6 Å². The zero-order chi connectivity index (χ0) is 15.7. The lowest BCUT2D eigenvalue weighted by Crippen LogP contribution is -2.68. The van der Waals surface area contributed by atoms with E-state index in [0.29, 0.717) is 0 Å². The Bertz CT molecular complexity index is 448. The highest BCUT2D eigenvalue weighted by Gasteiger charge is 2.50. The van der Waals surface area contributed by atoms with Crippen LogP contribution in [0.4, 0.5) is 0 Å². The van der Waals surface area contributed by atoms with E-state index >= 15 is 0 Å². The topological polar surface area (TPSA) is 78.5 Å². The van der Waals surface area contributed by atoms with Crippen LogP contribution >= 0.6 is 0 Å². The molecule has 0 bridgehead atoms. The maximum absolute atomic E-state index is 13.1.